The smallest absolute Gasteiger partial charge is 0.0778 e. The van der Waals surface area contributed by atoms with Crippen LogP contribution < -0.4 is 0 Å². The summed E-state index contributed by atoms with van der Waals surface area (Å²) >= 11 is 0. The molecule has 0 aromatic carbocycles. The maximum Gasteiger partial charge on any atom is 0.0778 e. The van der Waals surface area contributed by atoms with Gasteiger partial charge < -0.3 is 9.84 Å². The zero-order valence-corrected chi connectivity index (χ0v) is 3.85. The normalized spacial score (nSPS) is 14.5. The summed E-state index contributed by atoms with van der Waals surface area (Å²) in [4.78, 5) is 0. The number of aliphatic hydroxyl groups excluding tert-OH is 1. The van der Waals surface area contributed by atoms with Crippen molar-refractivity contribution < 1.29 is 9.84 Å². The van der Waals surface area contributed by atoms with E-state index >= 15 is 0 Å². The molecule has 0 aliphatic heterocycles. The molecule has 2 heteroatoms. The second-order valence-electron chi connectivity index (χ2n) is 1.16. The van der Waals surface area contributed by atoms with Crippen molar-refractivity contribution in [2.75, 3.05) is 6.61 Å². The van der Waals surface area contributed by atoms with E-state index in [9.17, 15) is 0 Å². The number of hydrogen-bond acceptors (Lipinski definition) is 2. The summed E-state index contributed by atoms with van der Waals surface area (Å²) in [5.41, 5.74) is 0. The van der Waals surface area contributed by atoms with Gasteiger partial charge >= 0.3 is 0 Å². The molecule has 1 unspecified atom stereocenters. The van der Waals surface area contributed by atoms with Crippen LogP contribution in [0.3, 0.4) is 0 Å². The van der Waals surface area contributed by atoms with Crippen molar-refractivity contribution in [1.82, 2.24) is 0 Å². The monoisotopic (exact) mass is 89.1 g/mol. The van der Waals surface area contributed by atoms with Gasteiger partial charge in [0.25, 0.3) is 0 Å². The number of aliphatic hydroxyl groups is 1. The highest BCUT2D eigenvalue weighted by Crippen LogP contribution is 1.81. The zero-order valence-electron chi connectivity index (χ0n) is 3.85. The molecule has 0 heterocycles. The SMILES string of the molecule is [CH2]OC(C)CO. The van der Waals surface area contributed by atoms with E-state index in [-0.39, 0.29) is 12.7 Å². The fourth-order valence-corrected chi connectivity index (χ4v) is 0.0527. The fraction of sp³-hybridized carbons (Fsp3) is 0.750. The van der Waals surface area contributed by atoms with Crippen molar-refractivity contribution >= 4 is 0 Å². The first-order valence-electron chi connectivity index (χ1n) is 1.83. The molecule has 0 aromatic heterocycles. The molecule has 0 spiro atoms. The molecule has 1 N–H and O–H groups in total. The molecule has 1 radical (unpaired) electrons. The van der Waals surface area contributed by atoms with E-state index in [4.69, 9.17) is 5.11 Å². The van der Waals surface area contributed by atoms with Crippen molar-refractivity contribution in [3.8, 4) is 0 Å². The minimum atomic E-state index is -0.120. The molecule has 0 amide bonds. The molecule has 0 saturated heterocycles. The van der Waals surface area contributed by atoms with Crippen LogP contribution in [-0.2, 0) is 4.74 Å². The first-order chi connectivity index (χ1) is 2.81. The van der Waals surface area contributed by atoms with E-state index in [0.29, 0.717) is 0 Å². The molecule has 0 fully saturated rings. The summed E-state index contributed by atoms with van der Waals surface area (Å²) < 4.78 is 4.40. The fourth-order valence-electron chi connectivity index (χ4n) is 0.0527. The van der Waals surface area contributed by atoms with Crippen molar-refractivity contribution in [3.63, 3.8) is 0 Å². The van der Waals surface area contributed by atoms with Gasteiger partial charge in [-0.05, 0) is 6.92 Å². The Labute approximate surface area is 37.7 Å². The molecular weight excluding hydrogens is 80.0 g/mol. The Morgan fingerprint density at radius 2 is 2.50 bits per heavy atom. The highest BCUT2D eigenvalue weighted by atomic mass is 16.5. The summed E-state index contributed by atoms with van der Waals surface area (Å²) in [5, 5.41) is 8.17. The van der Waals surface area contributed by atoms with Crippen LogP contribution >= 0.6 is 0 Å². The van der Waals surface area contributed by atoms with Crippen LogP contribution in [-0.4, -0.2) is 17.8 Å². The van der Waals surface area contributed by atoms with Crippen molar-refractivity contribution in [3.05, 3.63) is 7.11 Å². The number of rotatable bonds is 2. The minimum Gasteiger partial charge on any atom is -0.394 e. The third-order valence-electron chi connectivity index (χ3n) is 0.542. The zero-order chi connectivity index (χ0) is 4.99. The Morgan fingerprint density at radius 3 is 2.50 bits per heavy atom. The summed E-state index contributed by atoms with van der Waals surface area (Å²) in [6.07, 6.45) is -0.120. The second-order valence-corrected chi connectivity index (χ2v) is 1.16. The average Bonchev–Trinajstić information content (AvgIpc) is 1.65. The first-order valence-corrected chi connectivity index (χ1v) is 1.83. The van der Waals surface area contributed by atoms with E-state index in [0.717, 1.165) is 0 Å². The molecule has 0 saturated carbocycles. The lowest BCUT2D eigenvalue weighted by Gasteiger charge is -2.00. The van der Waals surface area contributed by atoms with Crippen LogP contribution in [0.5, 0.6) is 0 Å². The van der Waals surface area contributed by atoms with Gasteiger partial charge in [0.05, 0.1) is 19.8 Å². The molecule has 1 atom stereocenters. The average molecular weight is 89.1 g/mol. The largest absolute Gasteiger partial charge is 0.394 e. The molecule has 0 aliphatic carbocycles. The Kier molecular flexibility index (Phi) is 3.08. The molecular formula is C4H9O2. The van der Waals surface area contributed by atoms with Gasteiger partial charge in [0.1, 0.15) is 0 Å². The van der Waals surface area contributed by atoms with Crippen LogP contribution in [0.25, 0.3) is 0 Å². The van der Waals surface area contributed by atoms with Crippen molar-refractivity contribution in [2.45, 2.75) is 13.0 Å². The van der Waals surface area contributed by atoms with E-state index < -0.39 is 0 Å². The quantitative estimate of drug-likeness (QED) is 0.522. The van der Waals surface area contributed by atoms with Gasteiger partial charge in [0.15, 0.2) is 0 Å². The molecule has 0 aromatic rings. The maximum atomic E-state index is 8.17. The Balaban J connectivity index is 2.75. The minimum absolute atomic E-state index is 0.0451. The van der Waals surface area contributed by atoms with Gasteiger partial charge in [-0.25, -0.2) is 0 Å². The predicted octanol–water partition coefficient (Wildman–Crippen LogP) is 0.175. The molecule has 37 valence electrons. The van der Waals surface area contributed by atoms with Gasteiger partial charge in [0, 0.05) is 0 Å². The van der Waals surface area contributed by atoms with Gasteiger partial charge in [-0.2, -0.15) is 0 Å². The highest BCUT2D eigenvalue weighted by molar-refractivity contribution is 4.40. The van der Waals surface area contributed by atoms with E-state index in [2.05, 4.69) is 11.8 Å². The Bertz CT molecular complexity index is 24.7. The van der Waals surface area contributed by atoms with E-state index in [1.807, 2.05) is 0 Å². The molecule has 0 rings (SSSR count). The third-order valence-corrected chi connectivity index (χ3v) is 0.542. The molecule has 0 bridgehead atoms. The summed E-state index contributed by atoms with van der Waals surface area (Å²) in [6, 6.07) is 0. The Hall–Kier alpha value is -0.0800. The van der Waals surface area contributed by atoms with E-state index in [1.165, 1.54) is 0 Å². The summed E-state index contributed by atoms with van der Waals surface area (Å²) in [6.45, 7) is 1.79. The lowest BCUT2D eigenvalue weighted by atomic mass is 10.4. The van der Waals surface area contributed by atoms with E-state index in [1.54, 1.807) is 6.92 Å². The molecule has 2 nitrogen and oxygen atoms in total. The van der Waals surface area contributed by atoms with Gasteiger partial charge in [-0.1, -0.05) is 0 Å². The summed E-state index contributed by atoms with van der Waals surface area (Å²) in [5.74, 6) is 0. The van der Waals surface area contributed by atoms with Gasteiger partial charge in [-0.3, -0.25) is 0 Å². The van der Waals surface area contributed by atoms with Crippen molar-refractivity contribution in [1.29, 1.82) is 0 Å². The topological polar surface area (TPSA) is 29.5 Å². The van der Waals surface area contributed by atoms with Gasteiger partial charge in [0.2, 0.25) is 0 Å². The van der Waals surface area contributed by atoms with Crippen LogP contribution in [0.1, 0.15) is 6.92 Å². The molecule has 6 heavy (non-hydrogen) atoms. The van der Waals surface area contributed by atoms with Crippen molar-refractivity contribution in [2.24, 2.45) is 0 Å². The van der Waals surface area contributed by atoms with Gasteiger partial charge in [-0.15, -0.1) is 0 Å². The third kappa shape index (κ3) is 2.18. The number of hydrogen-bond donors (Lipinski definition) is 1. The first kappa shape index (κ1) is 5.92. The Morgan fingerprint density at radius 1 is 2.00 bits per heavy atom. The lowest BCUT2D eigenvalue weighted by Crippen LogP contribution is -2.07. The standard InChI is InChI=1S/C4H9O2/c1-4(3-5)6-2/h4-5H,2-3H2,1H3. The molecule has 0 aliphatic rings. The van der Waals surface area contributed by atoms with Crippen LogP contribution in [0.15, 0.2) is 0 Å². The second kappa shape index (κ2) is 3.12. The number of ether oxygens (including phenoxy) is 1. The summed E-state index contributed by atoms with van der Waals surface area (Å²) in [7, 11) is 3.10. The predicted molar refractivity (Wildman–Crippen MR) is 23.0 cm³/mol. The van der Waals surface area contributed by atoms with Crippen LogP contribution in [0.2, 0.25) is 0 Å². The maximum absolute atomic E-state index is 8.17. The van der Waals surface area contributed by atoms with Crippen LogP contribution in [0.4, 0.5) is 0 Å². The van der Waals surface area contributed by atoms with Crippen LogP contribution in [0, 0.1) is 7.11 Å². The lowest BCUT2D eigenvalue weighted by molar-refractivity contribution is 0.0872. The highest BCUT2D eigenvalue weighted by Gasteiger charge is 1.90.